The quantitative estimate of drug-likeness (QED) is 0.713. The van der Waals surface area contributed by atoms with Crippen molar-refractivity contribution in [2.45, 2.75) is 26.8 Å². The van der Waals surface area contributed by atoms with Crippen LogP contribution < -0.4 is 10.2 Å². The topological polar surface area (TPSA) is 48.7 Å². The molecule has 4 rings (SSSR count). The molecular formula is C24H29N3O2. The maximum absolute atomic E-state index is 12.6. The molecule has 0 spiro atoms. The van der Waals surface area contributed by atoms with Crippen molar-refractivity contribution in [3.8, 4) is 0 Å². The van der Waals surface area contributed by atoms with Crippen molar-refractivity contribution < 1.29 is 9.21 Å². The van der Waals surface area contributed by atoms with Crippen molar-refractivity contribution in [2.24, 2.45) is 0 Å². The van der Waals surface area contributed by atoms with Crippen LogP contribution in [0.5, 0.6) is 0 Å². The SMILES string of the molecule is Cc1cccc(N2CCN(CC(=O)N[C@@H](C)c3cc4ccccc4o3)CC2)c1C. The zero-order valence-corrected chi connectivity index (χ0v) is 17.4. The van der Waals surface area contributed by atoms with Crippen LogP contribution in [-0.4, -0.2) is 43.5 Å². The number of benzene rings is 2. The summed E-state index contributed by atoms with van der Waals surface area (Å²) in [6.45, 7) is 10.4. The molecule has 1 aliphatic heterocycles. The van der Waals surface area contributed by atoms with Crippen LogP contribution in [0, 0.1) is 13.8 Å². The summed E-state index contributed by atoms with van der Waals surface area (Å²) in [7, 11) is 0. The smallest absolute Gasteiger partial charge is 0.234 e. The normalized spacial score (nSPS) is 16.2. The molecule has 2 heterocycles. The number of rotatable bonds is 5. The van der Waals surface area contributed by atoms with E-state index in [0.717, 1.165) is 42.9 Å². The Labute approximate surface area is 172 Å². The van der Waals surface area contributed by atoms with Crippen LogP contribution >= 0.6 is 0 Å². The van der Waals surface area contributed by atoms with E-state index in [1.165, 1.54) is 16.8 Å². The molecule has 1 fully saturated rings. The maximum Gasteiger partial charge on any atom is 0.234 e. The first-order valence-electron chi connectivity index (χ1n) is 10.3. The van der Waals surface area contributed by atoms with E-state index < -0.39 is 0 Å². The Morgan fingerprint density at radius 3 is 2.59 bits per heavy atom. The summed E-state index contributed by atoms with van der Waals surface area (Å²) in [4.78, 5) is 17.2. The molecular weight excluding hydrogens is 362 g/mol. The second-order valence-corrected chi connectivity index (χ2v) is 7.96. The molecule has 1 atom stereocenters. The Hall–Kier alpha value is -2.79. The molecule has 1 amide bonds. The van der Waals surface area contributed by atoms with E-state index in [9.17, 15) is 4.79 Å². The van der Waals surface area contributed by atoms with Gasteiger partial charge in [-0.05, 0) is 50.1 Å². The van der Waals surface area contributed by atoms with Gasteiger partial charge in [-0.2, -0.15) is 0 Å². The van der Waals surface area contributed by atoms with Gasteiger partial charge in [0.1, 0.15) is 11.3 Å². The molecule has 5 heteroatoms. The van der Waals surface area contributed by atoms with Crippen LogP contribution in [0.1, 0.15) is 29.9 Å². The van der Waals surface area contributed by atoms with Gasteiger partial charge >= 0.3 is 0 Å². The fourth-order valence-electron chi connectivity index (χ4n) is 4.00. The predicted molar refractivity (Wildman–Crippen MR) is 117 cm³/mol. The van der Waals surface area contributed by atoms with Crippen molar-refractivity contribution in [3.05, 3.63) is 65.4 Å². The number of carbonyl (C=O) groups is 1. The highest BCUT2D eigenvalue weighted by Crippen LogP contribution is 2.25. The second kappa shape index (κ2) is 8.29. The lowest BCUT2D eigenvalue weighted by molar-refractivity contribution is -0.123. The Morgan fingerprint density at radius 2 is 1.83 bits per heavy atom. The van der Waals surface area contributed by atoms with Crippen LogP contribution in [0.4, 0.5) is 5.69 Å². The second-order valence-electron chi connectivity index (χ2n) is 7.96. The van der Waals surface area contributed by atoms with E-state index in [4.69, 9.17) is 4.42 Å². The van der Waals surface area contributed by atoms with Crippen molar-refractivity contribution in [1.82, 2.24) is 10.2 Å². The number of anilines is 1. The van der Waals surface area contributed by atoms with Crippen LogP contribution in [-0.2, 0) is 4.79 Å². The van der Waals surface area contributed by atoms with Crippen LogP contribution in [0.25, 0.3) is 11.0 Å². The van der Waals surface area contributed by atoms with Gasteiger partial charge in [-0.15, -0.1) is 0 Å². The average Bonchev–Trinajstić information content (AvgIpc) is 3.15. The van der Waals surface area contributed by atoms with Crippen LogP contribution in [0.3, 0.4) is 0 Å². The number of para-hydroxylation sites is 1. The van der Waals surface area contributed by atoms with Crippen molar-refractivity contribution in [2.75, 3.05) is 37.6 Å². The highest BCUT2D eigenvalue weighted by Gasteiger charge is 2.22. The Bertz CT molecular complexity index is 969. The Kier molecular flexibility index (Phi) is 5.58. The summed E-state index contributed by atoms with van der Waals surface area (Å²) < 4.78 is 5.87. The van der Waals surface area contributed by atoms with Gasteiger partial charge in [-0.25, -0.2) is 0 Å². The minimum atomic E-state index is -0.147. The lowest BCUT2D eigenvalue weighted by Crippen LogP contribution is -2.49. The lowest BCUT2D eigenvalue weighted by Gasteiger charge is -2.36. The van der Waals surface area contributed by atoms with Crippen LogP contribution in [0.2, 0.25) is 0 Å². The number of hydrogen-bond acceptors (Lipinski definition) is 4. The van der Waals surface area contributed by atoms with E-state index in [2.05, 4.69) is 47.2 Å². The third kappa shape index (κ3) is 4.30. The van der Waals surface area contributed by atoms with Crippen LogP contribution in [0.15, 0.2) is 52.9 Å². The van der Waals surface area contributed by atoms with Crippen molar-refractivity contribution in [1.29, 1.82) is 0 Å². The van der Waals surface area contributed by atoms with Gasteiger partial charge in [0.25, 0.3) is 0 Å². The number of piperazine rings is 1. The standard InChI is InChI=1S/C24H29N3O2/c1-17-7-6-9-21(18(17)2)27-13-11-26(12-14-27)16-24(28)25-19(3)23-15-20-8-4-5-10-22(20)29-23/h4-10,15,19H,11-14,16H2,1-3H3,(H,25,28)/t19-/m0/s1. The van der Waals surface area contributed by atoms with E-state index in [0.29, 0.717) is 6.54 Å². The zero-order valence-electron chi connectivity index (χ0n) is 17.4. The molecule has 1 aliphatic rings. The average molecular weight is 392 g/mol. The summed E-state index contributed by atoms with van der Waals surface area (Å²) in [5.74, 6) is 0.831. The van der Waals surface area contributed by atoms with Crippen molar-refractivity contribution in [3.63, 3.8) is 0 Å². The molecule has 0 bridgehead atoms. The van der Waals surface area contributed by atoms with Gasteiger partial charge in [0, 0.05) is 37.3 Å². The molecule has 29 heavy (non-hydrogen) atoms. The first-order chi connectivity index (χ1) is 14.0. The Balaban J connectivity index is 1.30. The molecule has 1 aromatic heterocycles. The third-order valence-corrected chi connectivity index (χ3v) is 5.91. The summed E-state index contributed by atoms with van der Waals surface area (Å²) in [5, 5.41) is 4.14. The third-order valence-electron chi connectivity index (χ3n) is 5.91. The monoisotopic (exact) mass is 391 g/mol. The minimum absolute atomic E-state index is 0.0399. The van der Waals surface area contributed by atoms with Gasteiger partial charge in [0.05, 0.1) is 12.6 Å². The summed E-state index contributed by atoms with van der Waals surface area (Å²) in [6, 6.07) is 16.2. The van der Waals surface area contributed by atoms with E-state index in [1.807, 2.05) is 37.3 Å². The van der Waals surface area contributed by atoms with Gasteiger partial charge in [-0.1, -0.05) is 30.3 Å². The Morgan fingerprint density at radius 1 is 1.07 bits per heavy atom. The summed E-state index contributed by atoms with van der Waals surface area (Å²) in [6.07, 6.45) is 0. The first-order valence-corrected chi connectivity index (χ1v) is 10.3. The number of furan rings is 1. The van der Waals surface area contributed by atoms with Gasteiger partial charge < -0.3 is 14.6 Å². The molecule has 0 radical (unpaired) electrons. The van der Waals surface area contributed by atoms with Crippen molar-refractivity contribution >= 4 is 22.6 Å². The highest BCUT2D eigenvalue weighted by molar-refractivity contribution is 5.80. The largest absolute Gasteiger partial charge is 0.459 e. The molecule has 1 saturated heterocycles. The molecule has 0 saturated carbocycles. The predicted octanol–water partition coefficient (Wildman–Crippen LogP) is 4.05. The number of nitrogens with one attached hydrogen (secondary N) is 1. The fraction of sp³-hybridized carbons (Fsp3) is 0.375. The molecule has 5 nitrogen and oxygen atoms in total. The van der Waals surface area contributed by atoms with E-state index in [-0.39, 0.29) is 11.9 Å². The summed E-state index contributed by atoms with van der Waals surface area (Å²) in [5.41, 5.74) is 4.83. The maximum atomic E-state index is 12.6. The molecule has 0 aliphatic carbocycles. The van der Waals surface area contributed by atoms with Gasteiger partial charge in [-0.3, -0.25) is 9.69 Å². The number of aryl methyl sites for hydroxylation is 1. The molecule has 3 aromatic rings. The lowest BCUT2D eigenvalue weighted by atomic mass is 10.1. The van der Waals surface area contributed by atoms with E-state index >= 15 is 0 Å². The zero-order chi connectivity index (χ0) is 20.4. The molecule has 152 valence electrons. The number of nitrogens with zero attached hydrogens (tertiary/aromatic N) is 2. The van der Waals surface area contributed by atoms with E-state index in [1.54, 1.807) is 0 Å². The van der Waals surface area contributed by atoms with Gasteiger partial charge in [0.15, 0.2) is 0 Å². The number of amides is 1. The number of fused-ring (bicyclic) bond motifs is 1. The fourth-order valence-corrected chi connectivity index (χ4v) is 4.00. The number of hydrogen-bond donors (Lipinski definition) is 1. The number of carbonyl (C=O) groups excluding carboxylic acids is 1. The molecule has 0 unspecified atom stereocenters. The first kappa shape index (κ1) is 19.5. The highest BCUT2D eigenvalue weighted by atomic mass is 16.3. The molecule has 1 N–H and O–H groups in total. The minimum Gasteiger partial charge on any atom is -0.459 e. The summed E-state index contributed by atoms with van der Waals surface area (Å²) >= 11 is 0. The van der Waals surface area contributed by atoms with Gasteiger partial charge in [0.2, 0.25) is 5.91 Å². The molecule has 2 aromatic carbocycles.